The van der Waals surface area contributed by atoms with Crippen molar-refractivity contribution in [2.45, 2.75) is 66.2 Å². The van der Waals surface area contributed by atoms with Gasteiger partial charge in [-0.3, -0.25) is 14.6 Å². The van der Waals surface area contributed by atoms with Gasteiger partial charge in [-0.2, -0.15) is 10.2 Å². The van der Waals surface area contributed by atoms with Crippen molar-refractivity contribution in [2.75, 3.05) is 13.2 Å². The minimum atomic E-state index is -4.96. The first-order chi connectivity index (χ1) is 28.7. The molecule has 0 saturated carbocycles. The van der Waals surface area contributed by atoms with Crippen molar-refractivity contribution in [1.82, 2.24) is 39.0 Å². The van der Waals surface area contributed by atoms with E-state index in [1.807, 2.05) is 20.8 Å². The summed E-state index contributed by atoms with van der Waals surface area (Å²) >= 11 is 6.93. The van der Waals surface area contributed by atoms with Gasteiger partial charge in [-0.15, -0.1) is 13.2 Å². The Bertz CT molecular complexity index is 2760. The number of allylic oxidation sites excluding steroid dienone is 1. The minimum absolute atomic E-state index is 0.0721. The lowest BCUT2D eigenvalue weighted by Gasteiger charge is -2.19. The summed E-state index contributed by atoms with van der Waals surface area (Å²) in [6.07, 6.45) is 0.341. The van der Waals surface area contributed by atoms with Gasteiger partial charge in [0, 0.05) is 34.8 Å². The number of rotatable bonds is 11. The van der Waals surface area contributed by atoms with Gasteiger partial charge in [0.15, 0.2) is 11.3 Å². The highest BCUT2D eigenvalue weighted by molar-refractivity contribution is 6.31. The summed E-state index contributed by atoms with van der Waals surface area (Å²) in [6, 6.07) is 9.04. The van der Waals surface area contributed by atoms with Crippen LogP contribution in [0.2, 0.25) is 5.02 Å². The second-order valence-corrected chi connectivity index (χ2v) is 14.7. The van der Waals surface area contributed by atoms with Crippen LogP contribution in [0.4, 0.5) is 17.6 Å². The average molecular weight is 845 g/mol. The molecule has 19 heteroatoms. The molecule has 2 aromatic carbocycles. The Balaban J connectivity index is 1.01. The molecule has 4 aromatic heterocycles. The molecule has 2 aliphatic rings. The summed E-state index contributed by atoms with van der Waals surface area (Å²) in [4.78, 5) is 44.2. The van der Waals surface area contributed by atoms with E-state index in [1.54, 1.807) is 20.0 Å². The fourth-order valence-electron chi connectivity index (χ4n) is 7.51. The standard InChI is InChI=1S/C41H37ClF4N10O4/c1-22-23(2)49-37-28-18-53(39(57)26-7-4-5-8-34(26)60-41(44,45)46)21-32(28)52-56(37)33(22)12-11-30-36(42)24(3)55-38(50-30)29-19-54(20-31(29)51-55)40(58)27-10-9-25(43)17-35(27)59-16-15-48-14-6-13-47/h4-10,13-14,17H,11-12,15-16,18-21,47H2,1-3H3. The molecule has 2 amide bonds. The van der Waals surface area contributed by atoms with Crippen LogP contribution in [0.15, 0.2) is 59.7 Å². The number of aliphatic imine (C=N–C) groups is 1. The molecule has 0 radical (unpaired) electrons. The number of carbonyl (C=O) groups excluding carboxylic acids is 2. The molecule has 8 rings (SSSR count). The Morgan fingerprint density at radius 3 is 2.22 bits per heavy atom. The lowest BCUT2D eigenvalue weighted by atomic mass is 10.1. The van der Waals surface area contributed by atoms with Crippen molar-refractivity contribution in [3.8, 4) is 11.5 Å². The van der Waals surface area contributed by atoms with Gasteiger partial charge in [0.05, 0.1) is 71.6 Å². The predicted molar refractivity (Wildman–Crippen MR) is 211 cm³/mol. The first kappa shape index (κ1) is 40.2. The number of benzene rings is 2. The van der Waals surface area contributed by atoms with Crippen LogP contribution in [-0.4, -0.2) is 76.5 Å². The van der Waals surface area contributed by atoms with E-state index >= 15 is 0 Å². The van der Waals surface area contributed by atoms with Crippen LogP contribution >= 0.6 is 11.6 Å². The fraction of sp³-hybridized carbons (Fsp3) is 0.293. The van der Waals surface area contributed by atoms with E-state index in [-0.39, 0.29) is 62.1 Å². The summed E-state index contributed by atoms with van der Waals surface area (Å²) in [5, 5.41) is 10.0. The van der Waals surface area contributed by atoms with Gasteiger partial charge in [0.1, 0.15) is 23.9 Å². The number of amides is 2. The first-order valence-corrected chi connectivity index (χ1v) is 19.2. The van der Waals surface area contributed by atoms with Crippen molar-refractivity contribution in [3.05, 3.63) is 128 Å². The summed E-state index contributed by atoms with van der Waals surface area (Å²) in [6.45, 7) is 6.65. The number of hydrogen-bond acceptors (Lipinski definition) is 10. The van der Waals surface area contributed by atoms with E-state index in [2.05, 4.69) is 9.73 Å². The molecule has 14 nitrogen and oxygen atoms in total. The van der Waals surface area contributed by atoms with E-state index in [0.29, 0.717) is 57.5 Å². The van der Waals surface area contributed by atoms with Gasteiger partial charge in [0.2, 0.25) is 0 Å². The molecule has 6 heterocycles. The van der Waals surface area contributed by atoms with Crippen LogP contribution in [0.5, 0.6) is 11.5 Å². The molecule has 0 unspecified atom stereocenters. The monoisotopic (exact) mass is 844 g/mol. The van der Waals surface area contributed by atoms with E-state index < -0.39 is 23.8 Å². The van der Waals surface area contributed by atoms with Gasteiger partial charge in [-0.05, 0) is 75.7 Å². The highest BCUT2D eigenvalue weighted by atomic mass is 35.5. The molecule has 0 aliphatic carbocycles. The Hall–Kier alpha value is -6.56. The lowest BCUT2D eigenvalue weighted by Crippen LogP contribution is -2.28. The number of ether oxygens (including phenoxy) is 2. The second kappa shape index (κ2) is 15.9. The quantitative estimate of drug-likeness (QED) is 0.0885. The molecular formula is C41H37ClF4N10O4. The number of alkyl halides is 3. The molecular weight excluding hydrogens is 808 g/mol. The largest absolute Gasteiger partial charge is 0.573 e. The highest BCUT2D eigenvalue weighted by Crippen LogP contribution is 2.35. The number of hydrogen-bond donors (Lipinski definition) is 1. The number of halogens is 5. The normalized spacial score (nSPS) is 14.0. The SMILES string of the molecule is Cc1nc2c3c(nn2c(CCc2nc4c5c(nn4c(C)c2Cl)CN(C(=O)c2ccc(F)cc2OCCN=CC=CN)C5)c1C)CN(C(=O)c1ccccc1OC(F)(F)F)C3. The summed E-state index contributed by atoms with van der Waals surface area (Å²) < 4.78 is 66.8. The van der Waals surface area contributed by atoms with E-state index in [4.69, 9.17) is 42.2 Å². The molecule has 310 valence electrons. The van der Waals surface area contributed by atoms with E-state index in [9.17, 15) is 27.2 Å². The van der Waals surface area contributed by atoms with Gasteiger partial charge in [0.25, 0.3) is 11.8 Å². The third-order valence-corrected chi connectivity index (χ3v) is 11.1. The summed E-state index contributed by atoms with van der Waals surface area (Å²) in [7, 11) is 0. The molecule has 60 heavy (non-hydrogen) atoms. The van der Waals surface area contributed by atoms with E-state index in [1.165, 1.54) is 53.7 Å². The van der Waals surface area contributed by atoms with Crippen molar-refractivity contribution in [2.24, 2.45) is 10.7 Å². The maximum Gasteiger partial charge on any atom is 0.573 e. The zero-order valence-electron chi connectivity index (χ0n) is 32.6. The van der Waals surface area contributed by atoms with Crippen LogP contribution in [0.1, 0.15) is 71.6 Å². The number of para-hydroxylation sites is 1. The summed E-state index contributed by atoms with van der Waals surface area (Å²) in [5.41, 5.74) is 13.0. The highest BCUT2D eigenvalue weighted by Gasteiger charge is 2.36. The first-order valence-electron chi connectivity index (χ1n) is 18.9. The molecule has 0 fully saturated rings. The van der Waals surface area contributed by atoms with Gasteiger partial charge >= 0.3 is 6.36 Å². The Kier molecular flexibility index (Phi) is 10.7. The zero-order valence-corrected chi connectivity index (χ0v) is 33.3. The number of fused-ring (bicyclic) bond motifs is 6. The predicted octanol–water partition coefficient (Wildman–Crippen LogP) is 6.41. The van der Waals surface area contributed by atoms with Crippen LogP contribution in [0.25, 0.3) is 11.3 Å². The molecule has 0 atom stereocenters. The van der Waals surface area contributed by atoms with Crippen LogP contribution < -0.4 is 15.2 Å². The minimum Gasteiger partial charge on any atom is -0.491 e. The number of nitrogens with two attached hydrogens (primary N) is 1. The summed E-state index contributed by atoms with van der Waals surface area (Å²) in [5.74, 6) is -1.99. The smallest absolute Gasteiger partial charge is 0.491 e. The van der Waals surface area contributed by atoms with Gasteiger partial charge in [-0.1, -0.05) is 23.7 Å². The molecule has 0 bridgehead atoms. The maximum atomic E-state index is 14.2. The lowest BCUT2D eigenvalue weighted by molar-refractivity contribution is -0.274. The van der Waals surface area contributed by atoms with Crippen molar-refractivity contribution in [3.63, 3.8) is 0 Å². The molecule has 2 aliphatic heterocycles. The van der Waals surface area contributed by atoms with Crippen molar-refractivity contribution < 1.29 is 36.6 Å². The van der Waals surface area contributed by atoms with Crippen LogP contribution in [-0.2, 0) is 39.0 Å². The Morgan fingerprint density at radius 1 is 0.883 bits per heavy atom. The van der Waals surface area contributed by atoms with Gasteiger partial charge in [-0.25, -0.2) is 23.4 Å². The fourth-order valence-corrected chi connectivity index (χ4v) is 7.73. The second-order valence-electron chi connectivity index (χ2n) is 14.3. The van der Waals surface area contributed by atoms with Gasteiger partial charge < -0.3 is 25.0 Å². The average Bonchev–Trinajstić information content (AvgIpc) is 3.98. The third kappa shape index (κ3) is 7.58. The number of aromatic nitrogens is 6. The molecule has 6 aromatic rings. The van der Waals surface area contributed by atoms with Crippen LogP contribution in [0, 0.1) is 26.6 Å². The van der Waals surface area contributed by atoms with Crippen molar-refractivity contribution >= 4 is 40.9 Å². The van der Waals surface area contributed by atoms with Crippen LogP contribution in [0.3, 0.4) is 0 Å². The third-order valence-electron chi connectivity index (χ3n) is 10.6. The number of nitrogens with zero attached hydrogens (tertiary/aromatic N) is 9. The number of aryl methyl sites for hydroxylation is 4. The van der Waals surface area contributed by atoms with Crippen molar-refractivity contribution in [1.29, 1.82) is 0 Å². The van der Waals surface area contributed by atoms with E-state index in [0.717, 1.165) is 28.6 Å². The Morgan fingerprint density at radius 2 is 1.53 bits per heavy atom. The molecule has 0 saturated heterocycles. The topological polar surface area (TPSA) is 158 Å². The molecule has 2 N–H and O–H groups in total. The number of carbonyl (C=O) groups is 2. The Labute approximate surface area is 344 Å². The maximum absolute atomic E-state index is 14.2. The zero-order chi connectivity index (χ0) is 42.5. The molecule has 0 spiro atoms.